The lowest BCUT2D eigenvalue weighted by atomic mass is 10.0. The first-order valence-electron chi connectivity index (χ1n) is 8.82. The summed E-state index contributed by atoms with van der Waals surface area (Å²) in [7, 11) is 2.92. The highest BCUT2D eigenvalue weighted by Gasteiger charge is 2.17. The molecular formula is C21H25NO6. The number of Topliss-reactive ketones (excluding diaryl/α,β-unsaturated/α-hetero) is 2. The number of phenolic OH excluding ortho intramolecular Hbond substituents is 1. The fourth-order valence-electron chi connectivity index (χ4n) is 2.75. The van der Waals surface area contributed by atoms with Crippen molar-refractivity contribution in [1.82, 2.24) is 0 Å². The number of ketones is 2. The van der Waals surface area contributed by atoms with Crippen molar-refractivity contribution >= 4 is 17.3 Å². The number of carbonyl (C=O) groups excluding carboxylic acids is 2. The SMILES string of the molecule is CCOc1c(CNc2cc(C(C)=O)cc(OC)c2O)cc(C(C)=O)cc1OC. The van der Waals surface area contributed by atoms with E-state index in [0.29, 0.717) is 40.5 Å². The van der Waals surface area contributed by atoms with E-state index >= 15 is 0 Å². The number of hydrogen-bond acceptors (Lipinski definition) is 7. The van der Waals surface area contributed by atoms with Gasteiger partial charge in [-0.25, -0.2) is 0 Å². The highest BCUT2D eigenvalue weighted by molar-refractivity contribution is 5.96. The summed E-state index contributed by atoms with van der Waals surface area (Å²) in [4.78, 5) is 23.6. The number of methoxy groups -OCH3 is 2. The fraction of sp³-hybridized carbons (Fsp3) is 0.333. The lowest BCUT2D eigenvalue weighted by molar-refractivity contribution is 0.100. The Morgan fingerprint density at radius 2 is 1.54 bits per heavy atom. The van der Waals surface area contributed by atoms with Crippen LogP contribution in [0.3, 0.4) is 0 Å². The molecule has 0 heterocycles. The van der Waals surface area contributed by atoms with Crippen molar-refractivity contribution in [3.63, 3.8) is 0 Å². The Kier molecular flexibility index (Phi) is 6.87. The molecule has 0 amide bonds. The van der Waals surface area contributed by atoms with Crippen LogP contribution in [-0.2, 0) is 6.54 Å². The molecule has 0 saturated carbocycles. The highest BCUT2D eigenvalue weighted by Crippen LogP contribution is 2.38. The number of nitrogens with one attached hydrogen (secondary N) is 1. The van der Waals surface area contributed by atoms with Crippen molar-refractivity contribution in [2.75, 3.05) is 26.1 Å². The maximum Gasteiger partial charge on any atom is 0.181 e. The molecule has 2 N–H and O–H groups in total. The number of hydrogen-bond donors (Lipinski definition) is 2. The monoisotopic (exact) mass is 387 g/mol. The van der Waals surface area contributed by atoms with Crippen LogP contribution < -0.4 is 19.5 Å². The van der Waals surface area contributed by atoms with Gasteiger partial charge in [-0.15, -0.1) is 0 Å². The van der Waals surface area contributed by atoms with Crippen LogP contribution in [-0.4, -0.2) is 37.5 Å². The van der Waals surface area contributed by atoms with E-state index in [2.05, 4.69) is 5.32 Å². The molecule has 7 heteroatoms. The molecule has 7 nitrogen and oxygen atoms in total. The van der Waals surface area contributed by atoms with Gasteiger partial charge < -0.3 is 24.6 Å². The third kappa shape index (κ3) is 4.54. The van der Waals surface area contributed by atoms with Crippen LogP contribution in [0.15, 0.2) is 24.3 Å². The van der Waals surface area contributed by atoms with E-state index in [1.165, 1.54) is 34.1 Å². The number of rotatable bonds is 9. The maximum absolute atomic E-state index is 11.9. The number of aromatic hydroxyl groups is 1. The zero-order chi connectivity index (χ0) is 20.8. The van der Waals surface area contributed by atoms with Crippen molar-refractivity contribution in [3.8, 4) is 23.0 Å². The number of ether oxygens (including phenoxy) is 3. The van der Waals surface area contributed by atoms with Crippen molar-refractivity contribution < 1.29 is 28.9 Å². The van der Waals surface area contributed by atoms with Gasteiger partial charge in [0, 0.05) is 23.2 Å². The topological polar surface area (TPSA) is 94.1 Å². The number of phenols is 1. The van der Waals surface area contributed by atoms with Crippen LogP contribution in [0.5, 0.6) is 23.0 Å². The molecule has 0 radical (unpaired) electrons. The van der Waals surface area contributed by atoms with Crippen LogP contribution in [0.25, 0.3) is 0 Å². The van der Waals surface area contributed by atoms with Crippen molar-refractivity contribution in [2.24, 2.45) is 0 Å². The predicted molar refractivity (Wildman–Crippen MR) is 106 cm³/mol. The van der Waals surface area contributed by atoms with Gasteiger partial charge in [-0.3, -0.25) is 9.59 Å². The molecule has 0 atom stereocenters. The summed E-state index contributed by atoms with van der Waals surface area (Å²) in [6.45, 7) is 5.40. The van der Waals surface area contributed by atoms with Crippen LogP contribution in [0.4, 0.5) is 5.69 Å². The number of benzene rings is 2. The minimum atomic E-state index is -0.156. The van der Waals surface area contributed by atoms with Gasteiger partial charge in [-0.1, -0.05) is 0 Å². The number of anilines is 1. The van der Waals surface area contributed by atoms with Gasteiger partial charge >= 0.3 is 0 Å². The van der Waals surface area contributed by atoms with E-state index in [4.69, 9.17) is 14.2 Å². The molecule has 0 saturated heterocycles. The van der Waals surface area contributed by atoms with Gasteiger partial charge in [0.15, 0.2) is 34.6 Å². The molecule has 0 bridgehead atoms. The minimum Gasteiger partial charge on any atom is -0.503 e. The first kappa shape index (κ1) is 21.1. The zero-order valence-corrected chi connectivity index (χ0v) is 16.7. The van der Waals surface area contributed by atoms with E-state index < -0.39 is 0 Å². The van der Waals surface area contributed by atoms with Gasteiger partial charge in [0.25, 0.3) is 0 Å². The molecule has 2 aromatic carbocycles. The average molecular weight is 387 g/mol. The first-order valence-corrected chi connectivity index (χ1v) is 8.82. The molecule has 0 spiro atoms. The molecule has 28 heavy (non-hydrogen) atoms. The van der Waals surface area contributed by atoms with Crippen LogP contribution in [0.2, 0.25) is 0 Å². The summed E-state index contributed by atoms with van der Waals surface area (Å²) < 4.78 is 16.2. The van der Waals surface area contributed by atoms with Crippen LogP contribution >= 0.6 is 0 Å². The third-order valence-electron chi connectivity index (χ3n) is 4.22. The zero-order valence-electron chi connectivity index (χ0n) is 16.7. The molecule has 0 aliphatic rings. The fourth-order valence-corrected chi connectivity index (χ4v) is 2.75. The molecule has 0 aliphatic heterocycles. The predicted octanol–water partition coefficient (Wildman–Crippen LogP) is 3.83. The molecule has 2 aromatic rings. The molecule has 0 aromatic heterocycles. The quantitative estimate of drug-likeness (QED) is 0.499. The molecule has 2 rings (SSSR count). The van der Waals surface area contributed by atoms with Gasteiger partial charge in [0.2, 0.25) is 0 Å². The third-order valence-corrected chi connectivity index (χ3v) is 4.22. The Morgan fingerprint density at radius 1 is 0.964 bits per heavy atom. The van der Waals surface area contributed by atoms with E-state index in [9.17, 15) is 14.7 Å². The summed E-state index contributed by atoms with van der Waals surface area (Å²) >= 11 is 0. The van der Waals surface area contributed by atoms with E-state index in [-0.39, 0.29) is 29.6 Å². The van der Waals surface area contributed by atoms with Gasteiger partial charge in [-0.2, -0.15) is 0 Å². The second-order valence-electron chi connectivity index (χ2n) is 6.14. The minimum absolute atomic E-state index is 0.106. The summed E-state index contributed by atoms with van der Waals surface area (Å²) in [5.41, 5.74) is 1.89. The largest absolute Gasteiger partial charge is 0.503 e. The Labute approximate surface area is 164 Å². The molecule has 0 aliphatic carbocycles. The van der Waals surface area contributed by atoms with Gasteiger partial charge in [-0.05, 0) is 45.0 Å². The lowest BCUT2D eigenvalue weighted by Gasteiger charge is -2.18. The normalized spacial score (nSPS) is 10.3. The summed E-state index contributed by atoms with van der Waals surface area (Å²) in [6, 6.07) is 6.38. The Bertz CT molecular complexity index is 891. The standard InChI is InChI=1S/C21H25NO6/c1-6-28-21-16(7-14(12(2)23)10-19(21)27-5)11-22-17-8-15(13(3)24)9-18(26-4)20(17)25/h7-10,22,25H,6,11H2,1-5H3. The number of carbonyl (C=O) groups is 2. The molecule has 0 unspecified atom stereocenters. The Hall–Kier alpha value is -3.22. The molecular weight excluding hydrogens is 362 g/mol. The molecule has 0 fully saturated rings. The van der Waals surface area contributed by atoms with Gasteiger partial charge in [0.1, 0.15) is 0 Å². The summed E-state index contributed by atoms with van der Waals surface area (Å²) in [5, 5.41) is 13.5. The smallest absolute Gasteiger partial charge is 0.181 e. The second-order valence-corrected chi connectivity index (χ2v) is 6.14. The van der Waals surface area contributed by atoms with Crippen LogP contribution in [0, 0.1) is 0 Å². The maximum atomic E-state index is 11.9. The van der Waals surface area contributed by atoms with Crippen molar-refractivity contribution in [3.05, 3.63) is 41.0 Å². The first-order chi connectivity index (χ1) is 13.3. The van der Waals surface area contributed by atoms with Crippen molar-refractivity contribution in [1.29, 1.82) is 0 Å². The van der Waals surface area contributed by atoms with Crippen LogP contribution in [0.1, 0.15) is 47.1 Å². The second kappa shape index (κ2) is 9.12. The highest BCUT2D eigenvalue weighted by atomic mass is 16.5. The van der Waals surface area contributed by atoms with E-state index in [1.54, 1.807) is 18.2 Å². The van der Waals surface area contributed by atoms with E-state index in [1.807, 2.05) is 6.92 Å². The lowest BCUT2D eigenvalue weighted by Crippen LogP contribution is -2.08. The Morgan fingerprint density at radius 3 is 2.07 bits per heavy atom. The summed E-state index contributed by atoms with van der Waals surface area (Å²) in [5.74, 6) is 0.778. The van der Waals surface area contributed by atoms with Crippen molar-refractivity contribution in [2.45, 2.75) is 27.3 Å². The Balaban J connectivity index is 2.46. The summed E-state index contributed by atoms with van der Waals surface area (Å²) in [6.07, 6.45) is 0. The van der Waals surface area contributed by atoms with Gasteiger partial charge in [0.05, 0.1) is 26.5 Å². The average Bonchev–Trinajstić information content (AvgIpc) is 2.67. The molecule has 150 valence electrons. The van der Waals surface area contributed by atoms with E-state index in [0.717, 1.165) is 0 Å².